The summed E-state index contributed by atoms with van der Waals surface area (Å²) in [6, 6.07) is 18.8. The summed E-state index contributed by atoms with van der Waals surface area (Å²) in [4.78, 5) is 14.2. The predicted octanol–water partition coefficient (Wildman–Crippen LogP) is 5.96. The second-order valence-electron chi connectivity index (χ2n) is 7.54. The molecule has 0 fully saturated rings. The van der Waals surface area contributed by atoms with Crippen LogP contribution in [0.5, 0.6) is 0 Å². The van der Waals surface area contributed by atoms with Crippen molar-refractivity contribution in [3.05, 3.63) is 92.7 Å². The zero-order chi connectivity index (χ0) is 23.8. The molecule has 0 unspecified atom stereocenters. The lowest BCUT2D eigenvalue weighted by atomic mass is 10.3. The van der Waals surface area contributed by atoms with Crippen LogP contribution in [0.2, 0.25) is 10.2 Å². The van der Waals surface area contributed by atoms with Gasteiger partial charge < -0.3 is 0 Å². The second kappa shape index (κ2) is 9.06. The normalized spacial score (nSPS) is 11.5. The van der Waals surface area contributed by atoms with Gasteiger partial charge in [-0.25, -0.2) is 14.8 Å². The Bertz CT molecular complexity index is 1530. The number of fused-ring (bicyclic) bond motifs is 1. The van der Waals surface area contributed by atoms with Gasteiger partial charge in [0.05, 0.1) is 39.4 Å². The lowest BCUT2D eigenvalue weighted by molar-refractivity contribution is 0.0959. The third-order valence-electron chi connectivity index (χ3n) is 5.25. The van der Waals surface area contributed by atoms with Crippen molar-refractivity contribution >= 4 is 56.9 Å². The number of hydrazone groups is 1. The zero-order valence-corrected chi connectivity index (χ0v) is 20.5. The van der Waals surface area contributed by atoms with Crippen molar-refractivity contribution in [2.75, 3.05) is 0 Å². The first-order chi connectivity index (χ1) is 16.4. The number of aryl methyl sites for hydroxylation is 2. The summed E-state index contributed by atoms with van der Waals surface area (Å²) in [5.41, 5.74) is 6.45. The Labute approximate surface area is 209 Å². The molecule has 5 rings (SSSR count). The smallest absolute Gasteiger partial charge is 0.266 e. The highest BCUT2D eigenvalue weighted by Crippen LogP contribution is 2.30. The Hall–Kier alpha value is -3.46. The molecule has 3 heterocycles. The molecule has 0 bridgehead atoms. The van der Waals surface area contributed by atoms with Crippen LogP contribution in [-0.2, 0) is 0 Å². The molecule has 0 radical (unpaired) electrons. The van der Waals surface area contributed by atoms with Crippen LogP contribution in [-0.4, -0.2) is 31.7 Å². The van der Waals surface area contributed by atoms with Crippen LogP contribution < -0.4 is 5.43 Å². The summed E-state index contributed by atoms with van der Waals surface area (Å²) in [6.07, 6.45) is 1.50. The number of halogens is 2. The summed E-state index contributed by atoms with van der Waals surface area (Å²) in [7, 11) is 0. The van der Waals surface area contributed by atoms with E-state index in [0.717, 1.165) is 27.3 Å². The fraction of sp³-hybridized carbons (Fsp3) is 0.0833. The van der Waals surface area contributed by atoms with E-state index in [-0.39, 0.29) is 5.91 Å². The fourth-order valence-electron chi connectivity index (χ4n) is 3.53. The predicted molar refractivity (Wildman–Crippen MR) is 137 cm³/mol. The topological polar surface area (TPSA) is 77.1 Å². The van der Waals surface area contributed by atoms with E-state index in [4.69, 9.17) is 23.2 Å². The van der Waals surface area contributed by atoms with Crippen LogP contribution >= 0.6 is 34.5 Å². The van der Waals surface area contributed by atoms with Crippen LogP contribution in [0.25, 0.3) is 21.6 Å². The Kier molecular flexibility index (Phi) is 5.95. The van der Waals surface area contributed by atoms with Crippen LogP contribution in [0.1, 0.15) is 26.6 Å². The molecule has 0 spiro atoms. The number of para-hydroxylation sites is 1. The summed E-state index contributed by atoms with van der Waals surface area (Å²) in [5.74, 6) is -0.310. The number of nitrogens with one attached hydrogen (secondary N) is 1. The fourth-order valence-corrected chi connectivity index (χ4v) is 5.04. The lowest BCUT2D eigenvalue weighted by Gasteiger charge is -2.02. The van der Waals surface area contributed by atoms with E-state index >= 15 is 0 Å². The van der Waals surface area contributed by atoms with Crippen LogP contribution in [0, 0.1) is 13.8 Å². The van der Waals surface area contributed by atoms with Crippen molar-refractivity contribution < 1.29 is 4.79 Å². The number of thiophene rings is 1. The van der Waals surface area contributed by atoms with Crippen LogP contribution in [0.3, 0.4) is 0 Å². The SMILES string of the molecule is Cc1nn(-c2ccc(Cl)cc2)c(Cl)c1/C=N/NC(=O)c1cc2c(C)nn(-c3ccccc3)c2s1. The number of carbonyl (C=O) groups is 1. The first-order valence-electron chi connectivity index (χ1n) is 10.3. The van der Waals surface area contributed by atoms with Gasteiger partial charge in [0, 0.05) is 10.4 Å². The van der Waals surface area contributed by atoms with Crippen molar-refractivity contribution in [1.82, 2.24) is 25.0 Å². The lowest BCUT2D eigenvalue weighted by Crippen LogP contribution is -2.16. The van der Waals surface area contributed by atoms with Crippen molar-refractivity contribution in [2.24, 2.45) is 5.10 Å². The molecule has 0 saturated heterocycles. The molecule has 7 nitrogen and oxygen atoms in total. The summed E-state index contributed by atoms with van der Waals surface area (Å²) < 4.78 is 3.45. The molecule has 0 aliphatic heterocycles. The molecular formula is C24H18Cl2N6OS. The number of hydrogen-bond donors (Lipinski definition) is 1. The van der Waals surface area contributed by atoms with Crippen molar-refractivity contribution in [2.45, 2.75) is 13.8 Å². The number of rotatable bonds is 5. The molecule has 1 N–H and O–H groups in total. The first kappa shape index (κ1) is 22.3. The highest BCUT2D eigenvalue weighted by atomic mass is 35.5. The number of benzene rings is 2. The second-order valence-corrected chi connectivity index (χ2v) is 9.36. The van der Waals surface area contributed by atoms with Crippen molar-refractivity contribution in [3.8, 4) is 11.4 Å². The Balaban J connectivity index is 1.37. The van der Waals surface area contributed by atoms with E-state index in [1.807, 2.05) is 67.1 Å². The van der Waals surface area contributed by atoms with E-state index in [9.17, 15) is 4.79 Å². The van der Waals surface area contributed by atoms with Gasteiger partial charge in [-0.05, 0) is 56.3 Å². The maximum atomic E-state index is 12.8. The number of hydrogen-bond acceptors (Lipinski definition) is 5. The molecule has 5 aromatic rings. The molecule has 34 heavy (non-hydrogen) atoms. The highest BCUT2D eigenvalue weighted by molar-refractivity contribution is 7.20. The van der Waals surface area contributed by atoms with Gasteiger partial charge >= 0.3 is 0 Å². The summed E-state index contributed by atoms with van der Waals surface area (Å²) in [6.45, 7) is 3.75. The third kappa shape index (κ3) is 4.11. The van der Waals surface area contributed by atoms with Crippen LogP contribution in [0.15, 0.2) is 65.8 Å². The van der Waals surface area contributed by atoms with E-state index in [0.29, 0.717) is 26.3 Å². The maximum Gasteiger partial charge on any atom is 0.281 e. The molecule has 10 heteroatoms. The molecule has 170 valence electrons. The quantitative estimate of drug-likeness (QED) is 0.235. The Morgan fingerprint density at radius 3 is 2.38 bits per heavy atom. The third-order valence-corrected chi connectivity index (χ3v) is 6.97. The molecule has 0 aliphatic rings. The summed E-state index contributed by atoms with van der Waals surface area (Å²) >= 11 is 13.9. The molecule has 0 atom stereocenters. The van der Waals surface area contributed by atoms with E-state index in [1.165, 1.54) is 17.6 Å². The minimum atomic E-state index is -0.310. The van der Waals surface area contributed by atoms with E-state index < -0.39 is 0 Å². The largest absolute Gasteiger partial charge is 0.281 e. The van der Waals surface area contributed by atoms with Crippen molar-refractivity contribution in [1.29, 1.82) is 0 Å². The van der Waals surface area contributed by atoms with Gasteiger partial charge in [0.25, 0.3) is 5.91 Å². The minimum Gasteiger partial charge on any atom is -0.266 e. The highest BCUT2D eigenvalue weighted by Gasteiger charge is 2.17. The zero-order valence-electron chi connectivity index (χ0n) is 18.2. The number of nitrogens with zero attached hydrogens (tertiary/aromatic N) is 5. The van der Waals surface area contributed by atoms with Gasteiger partial charge in [-0.3, -0.25) is 4.79 Å². The van der Waals surface area contributed by atoms with E-state index in [2.05, 4.69) is 20.7 Å². The van der Waals surface area contributed by atoms with Gasteiger partial charge in [0.1, 0.15) is 9.98 Å². The van der Waals surface area contributed by atoms with E-state index in [1.54, 1.807) is 16.8 Å². The molecule has 2 aromatic carbocycles. The minimum absolute atomic E-state index is 0.310. The van der Waals surface area contributed by atoms with Gasteiger partial charge in [0.15, 0.2) is 0 Å². The number of aromatic nitrogens is 4. The number of amides is 1. The maximum absolute atomic E-state index is 12.8. The average molecular weight is 509 g/mol. The van der Waals surface area contributed by atoms with Gasteiger partial charge in [-0.15, -0.1) is 11.3 Å². The van der Waals surface area contributed by atoms with Gasteiger partial charge in [0.2, 0.25) is 0 Å². The van der Waals surface area contributed by atoms with Crippen molar-refractivity contribution in [3.63, 3.8) is 0 Å². The standard InChI is InChI=1S/C24H18Cl2N6OS/c1-14-19-12-21(34-24(19)32(30-14)17-6-4-3-5-7-17)23(33)28-27-13-20-15(2)29-31(22(20)26)18-10-8-16(25)9-11-18/h3-13H,1-2H3,(H,28,33)/b27-13+. The van der Waals surface area contributed by atoms with Gasteiger partial charge in [-0.2, -0.15) is 15.3 Å². The first-order valence-corrected chi connectivity index (χ1v) is 11.9. The average Bonchev–Trinajstić information content (AvgIpc) is 3.49. The van der Waals surface area contributed by atoms with Gasteiger partial charge in [-0.1, -0.05) is 41.4 Å². The number of carbonyl (C=O) groups excluding carboxylic acids is 1. The molecule has 0 saturated carbocycles. The molecule has 3 aromatic heterocycles. The van der Waals surface area contributed by atoms with Crippen LogP contribution in [0.4, 0.5) is 0 Å². The molecule has 1 amide bonds. The molecule has 0 aliphatic carbocycles. The molecular weight excluding hydrogens is 491 g/mol. The Morgan fingerprint density at radius 1 is 0.971 bits per heavy atom. The monoisotopic (exact) mass is 508 g/mol. The Morgan fingerprint density at radius 2 is 1.65 bits per heavy atom. The summed E-state index contributed by atoms with van der Waals surface area (Å²) in [5, 5.41) is 15.1.